The minimum atomic E-state index is -0.704. The number of ketones is 1. The molecule has 0 aromatic rings. The van der Waals surface area contributed by atoms with Crippen molar-refractivity contribution in [2.24, 2.45) is 41.4 Å². The molecule has 1 saturated heterocycles. The predicted molar refractivity (Wildman–Crippen MR) is 137 cm³/mol. The molecule has 2 heterocycles. The van der Waals surface area contributed by atoms with E-state index in [1.165, 1.54) is 6.08 Å². The molecule has 202 valence electrons. The summed E-state index contributed by atoms with van der Waals surface area (Å²) in [6.07, 6.45) is 10.7. The van der Waals surface area contributed by atoms with Crippen LogP contribution >= 0.6 is 0 Å². The van der Waals surface area contributed by atoms with E-state index in [4.69, 9.17) is 0 Å². The van der Waals surface area contributed by atoms with Crippen molar-refractivity contribution in [1.82, 2.24) is 10.6 Å². The molecule has 5 rings (SSSR count). The average Bonchev–Trinajstić information content (AvgIpc) is 3.45. The molecule has 3 aliphatic carbocycles. The van der Waals surface area contributed by atoms with Crippen molar-refractivity contribution in [3.63, 3.8) is 0 Å². The Balaban J connectivity index is 1.47. The first-order valence-electron chi connectivity index (χ1n) is 14.0. The van der Waals surface area contributed by atoms with Crippen LogP contribution in [0.5, 0.6) is 0 Å². The highest BCUT2D eigenvalue weighted by molar-refractivity contribution is 6.27. The number of hydrogen-bond donors (Lipinski definition) is 5. The lowest BCUT2D eigenvalue weighted by Gasteiger charge is -2.45. The number of amides is 2. The van der Waals surface area contributed by atoms with Gasteiger partial charge in [0.05, 0.1) is 17.7 Å². The van der Waals surface area contributed by atoms with Crippen LogP contribution in [0.4, 0.5) is 0 Å². The van der Waals surface area contributed by atoms with Crippen LogP contribution in [0.15, 0.2) is 35.6 Å². The van der Waals surface area contributed by atoms with E-state index in [1.54, 1.807) is 6.08 Å². The number of aliphatic hydroxyl groups is 3. The Morgan fingerprint density at radius 2 is 1.89 bits per heavy atom. The van der Waals surface area contributed by atoms with Gasteiger partial charge in [-0.05, 0) is 98.5 Å². The topological polar surface area (TPSA) is 136 Å². The van der Waals surface area contributed by atoms with Gasteiger partial charge >= 0.3 is 0 Å². The zero-order valence-electron chi connectivity index (χ0n) is 21.7. The average molecular weight is 513 g/mol. The third-order valence-corrected chi connectivity index (χ3v) is 10.3. The molecule has 8 nitrogen and oxygen atoms in total. The summed E-state index contributed by atoms with van der Waals surface area (Å²) in [7, 11) is 0. The Morgan fingerprint density at radius 3 is 2.65 bits per heavy atom. The van der Waals surface area contributed by atoms with Gasteiger partial charge in [0.2, 0.25) is 5.91 Å². The van der Waals surface area contributed by atoms with Gasteiger partial charge in [0.1, 0.15) is 11.3 Å². The maximum absolute atomic E-state index is 12.8. The zero-order chi connectivity index (χ0) is 26.5. The fourth-order valence-corrected chi connectivity index (χ4v) is 8.43. The standard InChI is InChI=1S/C29H40N2O6/c1-3-29(37)14-17-12-19-18-6-4-8-23(34)30-11-5-7-20-27(35)26(28(36)31-20)21(32)10-9-16(18)13-22(33)25(19)24(17)15(29)2/h4,8-10,15-20,22,24-25,32-33,37H,3,5-7,11-14H2,1-2H3,(H,30,34)(H,31,36)/t15-,16-,17+,18+,19-,20-,22+,24?,25+,29-/m0/s1. The third-order valence-electron chi connectivity index (χ3n) is 10.3. The molecule has 3 saturated carbocycles. The molecule has 10 atom stereocenters. The number of fused-ring (bicyclic) bond motifs is 7. The fraction of sp³-hybridized carbons (Fsp3) is 0.690. The van der Waals surface area contributed by atoms with Gasteiger partial charge in [0.15, 0.2) is 5.78 Å². The van der Waals surface area contributed by atoms with E-state index in [-0.39, 0.29) is 52.7 Å². The minimum absolute atomic E-state index is 0.0814. The highest BCUT2D eigenvalue weighted by Crippen LogP contribution is 2.63. The highest BCUT2D eigenvalue weighted by atomic mass is 16.3. The Bertz CT molecular complexity index is 1050. The maximum Gasteiger partial charge on any atom is 0.259 e. The first kappa shape index (κ1) is 26.2. The predicted octanol–water partition coefficient (Wildman–Crippen LogP) is 2.32. The molecule has 0 spiro atoms. The Hall–Kier alpha value is -2.45. The van der Waals surface area contributed by atoms with E-state index < -0.39 is 29.4 Å². The molecule has 0 aromatic heterocycles. The molecule has 37 heavy (non-hydrogen) atoms. The molecular formula is C29H40N2O6. The summed E-state index contributed by atoms with van der Waals surface area (Å²) in [4.78, 5) is 37.6. The van der Waals surface area contributed by atoms with E-state index in [0.29, 0.717) is 44.6 Å². The normalized spacial score (nSPS) is 44.3. The second-order valence-electron chi connectivity index (χ2n) is 12.0. The second-order valence-corrected chi connectivity index (χ2v) is 12.0. The van der Waals surface area contributed by atoms with Crippen molar-refractivity contribution in [2.75, 3.05) is 6.54 Å². The van der Waals surface area contributed by atoms with E-state index in [0.717, 1.165) is 12.8 Å². The van der Waals surface area contributed by atoms with E-state index in [1.807, 2.05) is 19.1 Å². The SMILES string of the molecule is CC[C@]1(O)C[C@H]2C[C@H]3[C@@H]4CC=CC(=O)NCCC[C@@H]5NC(=O)C(=C(O)C=C[C@H]4C[C@@H](O)[C@@H]3C2[C@@H]1C)C5=O. The summed E-state index contributed by atoms with van der Waals surface area (Å²) in [5, 5.41) is 38.8. The van der Waals surface area contributed by atoms with Gasteiger partial charge in [-0.3, -0.25) is 14.4 Å². The number of allylic oxidation sites excluding steroid dienone is 3. The van der Waals surface area contributed by atoms with Crippen LogP contribution in [0.1, 0.15) is 58.8 Å². The summed E-state index contributed by atoms with van der Waals surface area (Å²) in [5.74, 6) is -0.445. The molecule has 8 heteroatoms. The van der Waals surface area contributed by atoms with Gasteiger partial charge in [0.25, 0.3) is 5.91 Å². The lowest BCUT2D eigenvalue weighted by Crippen LogP contribution is -2.45. The number of nitrogens with one attached hydrogen (secondary N) is 2. The first-order valence-corrected chi connectivity index (χ1v) is 14.0. The third kappa shape index (κ3) is 4.56. The number of carbonyl (C=O) groups is 3. The van der Waals surface area contributed by atoms with Gasteiger partial charge in [-0.1, -0.05) is 26.0 Å². The number of hydrogen-bond acceptors (Lipinski definition) is 6. The van der Waals surface area contributed by atoms with Crippen molar-refractivity contribution >= 4 is 17.6 Å². The number of Topliss-reactive ketones (excluding diaryl/α,β-unsaturated/α-hetero) is 1. The van der Waals surface area contributed by atoms with E-state index in [2.05, 4.69) is 17.6 Å². The van der Waals surface area contributed by atoms with Crippen LogP contribution < -0.4 is 10.6 Å². The Morgan fingerprint density at radius 1 is 1.11 bits per heavy atom. The van der Waals surface area contributed by atoms with E-state index in [9.17, 15) is 29.7 Å². The molecule has 2 bridgehead atoms. The van der Waals surface area contributed by atoms with Crippen molar-refractivity contribution in [3.8, 4) is 0 Å². The van der Waals surface area contributed by atoms with Crippen LogP contribution in [0.3, 0.4) is 0 Å². The molecular weight excluding hydrogens is 472 g/mol. The maximum atomic E-state index is 12.8. The molecule has 0 radical (unpaired) electrons. The quantitative estimate of drug-likeness (QED) is 0.342. The zero-order valence-corrected chi connectivity index (χ0v) is 21.7. The first-order chi connectivity index (χ1) is 17.6. The van der Waals surface area contributed by atoms with Crippen molar-refractivity contribution in [1.29, 1.82) is 0 Å². The van der Waals surface area contributed by atoms with Crippen molar-refractivity contribution in [3.05, 3.63) is 35.6 Å². The van der Waals surface area contributed by atoms with Crippen molar-refractivity contribution in [2.45, 2.75) is 76.5 Å². The fourth-order valence-electron chi connectivity index (χ4n) is 8.43. The summed E-state index contributed by atoms with van der Waals surface area (Å²) < 4.78 is 0. The van der Waals surface area contributed by atoms with Crippen molar-refractivity contribution < 1.29 is 29.7 Å². The number of aliphatic hydroxyl groups excluding tert-OH is 2. The van der Waals surface area contributed by atoms with Gasteiger partial charge < -0.3 is 26.0 Å². The molecule has 2 aliphatic heterocycles. The lowest BCUT2D eigenvalue weighted by molar-refractivity contribution is -0.118. The van der Waals surface area contributed by atoms with Gasteiger partial charge in [0, 0.05) is 6.54 Å². The van der Waals surface area contributed by atoms with Crippen LogP contribution in [-0.2, 0) is 14.4 Å². The number of rotatable bonds is 1. The van der Waals surface area contributed by atoms with Gasteiger partial charge in [-0.15, -0.1) is 0 Å². The monoisotopic (exact) mass is 512 g/mol. The Labute approximate surface area is 218 Å². The van der Waals surface area contributed by atoms with Crippen LogP contribution in [0.25, 0.3) is 0 Å². The lowest BCUT2D eigenvalue weighted by atomic mass is 9.62. The van der Waals surface area contributed by atoms with Crippen LogP contribution in [-0.4, -0.2) is 57.2 Å². The highest BCUT2D eigenvalue weighted by Gasteiger charge is 2.61. The van der Waals surface area contributed by atoms with Crippen LogP contribution in [0, 0.1) is 41.4 Å². The smallest absolute Gasteiger partial charge is 0.259 e. The van der Waals surface area contributed by atoms with Crippen LogP contribution in [0.2, 0.25) is 0 Å². The van der Waals surface area contributed by atoms with Gasteiger partial charge in [-0.2, -0.15) is 0 Å². The largest absolute Gasteiger partial charge is 0.507 e. The molecule has 5 aliphatic rings. The van der Waals surface area contributed by atoms with Gasteiger partial charge in [-0.25, -0.2) is 0 Å². The summed E-state index contributed by atoms with van der Waals surface area (Å²) in [6, 6.07) is -0.704. The van der Waals surface area contributed by atoms with E-state index >= 15 is 0 Å². The summed E-state index contributed by atoms with van der Waals surface area (Å²) >= 11 is 0. The molecule has 5 N–H and O–H groups in total. The second kappa shape index (κ2) is 10.0. The minimum Gasteiger partial charge on any atom is -0.507 e. The molecule has 4 fully saturated rings. The molecule has 0 aromatic carbocycles. The summed E-state index contributed by atoms with van der Waals surface area (Å²) in [5.41, 5.74) is -0.898. The summed E-state index contributed by atoms with van der Waals surface area (Å²) in [6.45, 7) is 4.54. The molecule has 2 amide bonds. The number of carbonyl (C=O) groups excluding carboxylic acids is 3. The molecule has 1 unspecified atom stereocenters. The Kier molecular flexibility index (Phi) is 7.09.